The molecule has 0 amide bonds. The first-order valence-electron chi connectivity index (χ1n) is 6.00. The molecular weight excluding hydrogens is 244 g/mol. The van der Waals surface area contributed by atoms with E-state index in [9.17, 15) is 0 Å². The number of hydrogen-bond acceptors (Lipinski definition) is 5. The van der Waals surface area contributed by atoms with E-state index in [-0.39, 0.29) is 0 Å². The largest absolute Gasteiger partial charge is 0.370 e. The van der Waals surface area contributed by atoms with Crippen molar-refractivity contribution in [3.8, 4) is 11.4 Å². The lowest BCUT2D eigenvalue weighted by atomic mass is 10.2. The van der Waals surface area contributed by atoms with Crippen LogP contribution < -0.4 is 5.32 Å². The molecule has 2 aromatic rings. The Balaban J connectivity index is 2.09. The van der Waals surface area contributed by atoms with E-state index >= 15 is 0 Å². The van der Waals surface area contributed by atoms with Gasteiger partial charge in [0.05, 0.1) is 5.69 Å². The SMILES string of the molecule is CCNc1nc(-c2cccnc2)nc2c1CSC2. The van der Waals surface area contributed by atoms with Gasteiger partial charge in [0.2, 0.25) is 0 Å². The minimum absolute atomic E-state index is 0.764. The summed E-state index contributed by atoms with van der Waals surface area (Å²) in [5.74, 6) is 3.72. The van der Waals surface area contributed by atoms with Crippen LogP contribution in [0.3, 0.4) is 0 Å². The Bertz CT molecular complexity index is 556. The number of anilines is 1. The average Bonchev–Trinajstić information content (AvgIpc) is 2.88. The zero-order chi connectivity index (χ0) is 12.4. The fourth-order valence-electron chi connectivity index (χ4n) is 1.99. The first-order valence-corrected chi connectivity index (χ1v) is 7.15. The van der Waals surface area contributed by atoms with Crippen LogP contribution in [-0.2, 0) is 11.5 Å². The molecule has 0 saturated carbocycles. The lowest BCUT2D eigenvalue weighted by Crippen LogP contribution is -2.06. The fraction of sp³-hybridized carbons (Fsp3) is 0.308. The Hall–Kier alpha value is -1.62. The summed E-state index contributed by atoms with van der Waals surface area (Å²) in [6.45, 7) is 2.96. The number of thioether (sulfide) groups is 1. The molecule has 2 aromatic heterocycles. The van der Waals surface area contributed by atoms with Gasteiger partial charge in [-0.3, -0.25) is 4.98 Å². The Morgan fingerprint density at radius 1 is 1.33 bits per heavy atom. The predicted octanol–water partition coefficient (Wildman–Crippen LogP) is 2.72. The standard InChI is InChI=1S/C13H14N4S/c1-2-15-13-10-7-18-8-11(10)16-12(17-13)9-4-3-5-14-6-9/h3-6H,2,7-8H2,1H3,(H,15,16,17). The molecule has 5 heteroatoms. The zero-order valence-electron chi connectivity index (χ0n) is 10.2. The molecule has 3 heterocycles. The highest BCUT2D eigenvalue weighted by molar-refractivity contribution is 7.98. The molecule has 92 valence electrons. The van der Waals surface area contributed by atoms with E-state index in [1.165, 1.54) is 5.56 Å². The van der Waals surface area contributed by atoms with E-state index in [0.29, 0.717) is 0 Å². The van der Waals surface area contributed by atoms with Gasteiger partial charge in [0.1, 0.15) is 5.82 Å². The molecule has 0 unspecified atom stereocenters. The molecule has 0 spiro atoms. The highest BCUT2D eigenvalue weighted by Crippen LogP contribution is 2.34. The van der Waals surface area contributed by atoms with Gasteiger partial charge in [-0.1, -0.05) is 0 Å². The third kappa shape index (κ3) is 2.06. The highest BCUT2D eigenvalue weighted by Gasteiger charge is 2.19. The summed E-state index contributed by atoms with van der Waals surface area (Å²) >= 11 is 1.89. The van der Waals surface area contributed by atoms with Crippen LogP contribution in [0.25, 0.3) is 11.4 Å². The third-order valence-corrected chi connectivity index (χ3v) is 3.81. The number of aromatic nitrogens is 3. The van der Waals surface area contributed by atoms with E-state index in [2.05, 4.69) is 27.2 Å². The monoisotopic (exact) mass is 258 g/mol. The topological polar surface area (TPSA) is 50.7 Å². The Kier molecular flexibility index (Phi) is 3.15. The van der Waals surface area contributed by atoms with Gasteiger partial charge in [0, 0.05) is 41.6 Å². The van der Waals surface area contributed by atoms with Crippen molar-refractivity contribution in [2.24, 2.45) is 0 Å². The molecule has 0 fully saturated rings. The highest BCUT2D eigenvalue weighted by atomic mass is 32.2. The summed E-state index contributed by atoms with van der Waals surface area (Å²) in [4.78, 5) is 13.4. The zero-order valence-corrected chi connectivity index (χ0v) is 11.0. The van der Waals surface area contributed by atoms with Crippen LogP contribution in [0.15, 0.2) is 24.5 Å². The molecule has 1 N–H and O–H groups in total. The van der Waals surface area contributed by atoms with E-state index in [4.69, 9.17) is 0 Å². The number of pyridine rings is 1. The van der Waals surface area contributed by atoms with Gasteiger partial charge in [0.15, 0.2) is 5.82 Å². The number of fused-ring (bicyclic) bond motifs is 1. The van der Waals surface area contributed by atoms with Gasteiger partial charge in [0.25, 0.3) is 0 Å². The number of rotatable bonds is 3. The summed E-state index contributed by atoms with van der Waals surface area (Å²) in [6, 6.07) is 3.90. The van der Waals surface area contributed by atoms with Crippen LogP contribution in [0.1, 0.15) is 18.2 Å². The number of hydrogen-bond donors (Lipinski definition) is 1. The molecule has 0 aliphatic carbocycles. The van der Waals surface area contributed by atoms with Crippen molar-refractivity contribution in [2.45, 2.75) is 18.4 Å². The first kappa shape index (κ1) is 11.5. The van der Waals surface area contributed by atoms with Crippen molar-refractivity contribution in [3.63, 3.8) is 0 Å². The summed E-state index contributed by atoms with van der Waals surface area (Å²) in [5, 5.41) is 3.33. The minimum Gasteiger partial charge on any atom is -0.370 e. The Morgan fingerprint density at radius 2 is 2.28 bits per heavy atom. The molecule has 1 aliphatic rings. The second kappa shape index (κ2) is 4.94. The van der Waals surface area contributed by atoms with Gasteiger partial charge in [-0.15, -0.1) is 0 Å². The van der Waals surface area contributed by atoms with Crippen LogP contribution in [0.2, 0.25) is 0 Å². The smallest absolute Gasteiger partial charge is 0.163 e. The van der Waals surface area contributed by atoms with Gasteiger partial charge < -0.3 is 5.32 Å². The second-order valence-corrected chi connectivity index (χ2v) is 5.07. The normalized spacial score (nSPS) is 13.4. The minimum atomic E-state index is 0.764. The van der Waals surface area contributed by atoms with Crippen molar-refractivity contribution in [1.82, 2.24) is 15.0 Å². The summed E-state index contributed by atoms with van der Waals surface area (Å²) in [5.41, 5.74) is 3.38. The molecule has 0 bridgehead atoms. The lowest BCUT2D eigenvalue weighted by Gasteiger charge is -2.10. The molecule has 0 radical (unpaired) electrons. The fourth-order valence-corrected chi connectivity index (χ4v) is 3.03. The van der Waals surface area contributed by atoms with Gasteiger partial charge >= 0.3 is 0 Å². The maximum absolute atomic E-state index is 4.65. The quantitative estimate of drug-likeness (QED) is 0.917. The molecular formula is C13H14N4S. The van der Waals surface area contributed by atoms with Crippen LogP contribution in [0, 0.1) is 0 Å². The molecule has 1 aliphatic heterocycles. The first-order chi connectivity index (χ1) is 8.88. The maximum Gasteiger partial charge on any atom is 0.163 e. The predicted molar refractivity (Wildman–Crippen MR) is 74.4 cm³/mol. The van der Waals surface area contributed by atoms with Crippen LogP contribution in [0.4, 0.5) is 5.82 Å². The maximum atomic E-state index is 4.65. The number of nitrogens with zero attached hydrogens (tertiary/aromatic N) is 3. The van der Waals surface area contributed by atoms with Crippen molar-refractivity contribution < 1.29 is 0 Å². The van der Waals surface area contributed by atoms with Crippen molar-refractivity contribution >= 4 is 17.6 Å². The van der Waals surface area contributed by atoms with E-state index < -0.39 is 0 Å². The summed E-state index contributed by atoms with van der Waals surface area (Å²) in [7, 11) is 0. The van der Waals surface area contributed by atoms with Crippen molar-refractivity contribution in [3.05, 3.63) is 35.8 Å². The van der Waals surface area contributed by atoms with Crippen LogP contribution >= 0.6 is 11.8 Å². The molecule has 0 aromatic carbocycles. The molecule has 4 nitrogen and oxygen atoms in total. The Labute approximate surface area is 110 Å². The van der Waals surface area contributed by atoms with Crippen LogP contribution in [0.5, 0.6) is 0 Å². The Morgan fingerprint density at radius 3 is 3.06 bits per heavy atom. The molecule has 18 heavy (non-hydrogen) atoms. The summed E-state index contributed by atoms with van der Waals surface area (Å²) < 4.78 is 0. The van der Waals surface area contributed by atoms with E-state index in [1.54, 1.807) is 12.4 Å². The van der Waals surface area contributed by atoms with Gasteiger partial charge in [-0.25, -0.2) is 9.97 Å². The van der Waals surface area contributed by atoms with Gasteiger partial charge in [-0.2, -0.15) is 11.8 Å². The second-order valence-electron chi connectivity index (χ2n) is 4.09. The average molecular weight is 258 g/mol. The van der Waals surface area contributed by atoms with Crippen LogP contribution in [-0.4, -0.2) is 21.5 Å². The summed E-state index contributed by atoms with van der Waals surface area (Å²) in [6.07, 6.45) is 3.57. The molecule has 3 rings (SSSR count). The van der Waals surface area contributed by atoms with Crippen molar-refractivity contribution in [1.29, 1.82) is 0 Å². The number of nitrogens with one attached hydrogen (secondary N) is 1. The van der Waals surface area contributed by atoms with E-state index in [0.717, 1.165) is 41.0 Å². The lowest BCUT2D eigenvalue weighted by molar-refractivity contribution is 1.05. The van der Waals surface area contributed by atoms with Gasteiger partial charge in [-0.05, 0) is 19.1 Å². The van der Waals surface area contributed by atoms with E-state index in [1.807, 2.05) is 23.9 Å². The molecule has 0 saturated heterocycles. The third-order valence-electron chi connectivity index (χ3n) is 2.84. The van der Waals surface area contributed by atoms with Crippen molar-refractivity contribution in [2.75, 3.05) is 11.9 Å². The molecule has 0 atom stereocenters.